The van der Waals surface area contributed by atoms with Gasteiger partial charge < -0.3 is 15.4 Å². The second kappa shape index (κ2) is 8.96. The Hall–Kier alpha value is -2.18. The average Bonchev–Trinajstić information content (AvgIpc) is 2.66. The van der Waals surface area contributed by atoms with Crippen LogP contribution >= 0.6 is 0 Å². The van der Waals surface area contributed by atoms with Gasteiger partial charge in [-0.2, -0.15) is 0 Å². The fraction of sp³-hybridized carbons (Fsp3) is 0.500. The number of benzene rings is 1. The van der Waals surface area contributed by atoms with Gasteiger partial charge in [-0.3, -0.25) is 9.88 Å². The fourth-order valence-corrected chi connectivity index (χ4v) is 3.44. The molecule has 1 aromatic heterocycles. The van der Waals surface area contributed by atoms with Gasteiger partial charge in [-0.05, 0) is 36.6 Å². The van der Waals surface area contributed by atoms with Crippen LogP contribution in [0.4, 0.5) is 10.5 Å². The molecule has 0 spiro atoms. The minimum Gasteiger partial charge on any atom is -0.379 e. The Labute approximate surface area is 154 Å². The summed E-state index contributed by atoms with van der Waals surface area (Å²) in [6, 6.07) is 9.74. The SMILES string of the molecule is CC(C)C[C@@H](CNC(=O)Nc1cccc2ncccc12)N1CCOCC1. The van der Waals surface area contributed by atoms with E-state index in [-0.39, 0.29) is 6.03 Å². The number of morpholine rings is 1. The molecule has 26 heavy (non-hydrogen) atoms. The second-order valence-corrected chi connectivity index (χ2v) is 7.14. The third-order valence-electron chi connectivity index (χ3n) is 4.70. The quantitative estimate of drug-likeness (QED) is 0.835. The van der Waals surface area contributed by atoms with Gasteiger partial charge in [-0.15, -0.1) is 0 Å². The Morgan fingerprint density at radius 3 is 2.81 bits per heavy atom. The zero-order valence-corrected chi connectivity index (χ0v) is 15.6. The first-order valence-electron chi connectivity index (χ1n) is 9.34. The smallest absolute Gasteiger partial charge is 0.319 e. The third-order valence-corrected chi connectivity index (χ3v) is 4.70. The maximum absolute atomic E-state index is 12.4. The summed E-state index contributed by atoms with van der Waals surface area (Å²) in [7, 11) is 0. The number of carbonyl (C=O) groups excluding carboxylic acids is 1. The zero-order chi connectivity index (χ0) is 18.4. The highest BCUT2D eigenvalue weighted by atomic mass is 16.5. The summed E-state index contributed by atoms with van der Waals surface area (Å²) in [6.45, 7) is 8.46. The number of nitrogens with zero attached hydrogens (tertiary/aromatic N) is 2. The van der Waals surface area contributed by atoms with Crippen molar-refractivity contribution in [2.45, 2.75) is 26.3 Å². The summed E-state index contributed by atoms with van der Waals surface area (Å²) < 4.78 is 5.45. The number of anilines is 1. The van der Waals surface area contributed by atoms with Crippen LogP contribution in [0.5, 0.6) is 0 Å². The highest BCUT2D eigenvalue weighted by Gasteiger charge is 2.22. The highest BCUT2D eigenvalue weighted by molar-refractivity contribution is 6.00. The molecule has 6 heteroatoms. The van der Waals surface area contributed by atoms with Crippen molar-refractivity contribution >= 4 is 22.6 Å². The number of nitrogens with one attached hydrogen (secondary N) is 2. The maximum Gasteiger partial charge on any atom is 0.319 e. The van der Waals surface area contributed by atoms with E-state index < -0.39 is 0 Å². The van der Waals surface area contributed by atoms with Gasteiger partial charge in [-0.1, -0.05) is 19.9 Å². The summed E-state index contributed by atoms with van der Waals surface area (Å²) in [5.41, 5.74) is 1.65. The van der Waals surface area contributed by atoms with Gasteiger partial charge in [-0.25, -0.2) is 4.79 Å². The van der Waals surface area contributed by atoms with E-state index in [1.807, 2.05) is 30.3 Å². The number of ether oxygens (including phenoxy) is 1. The van der Waals surface area contributed by atoms with Crippen LogP contribution in [0.3, 0.4) is 0 Å². The Balaban J connectivity index is 1.60. The van der Waals surface area contributed by atoms with Crippen molar-refractivity contribution in [1.29, 1.82) is 0 Å². The number of fused-ring (bicyclic) bond motifs is 1. The summed E-state index contributed by atoms with van der Waals surface area (Å²) in [5.74, 6) is 0.580. The number of hydrogen-bond acceptors (Lipinski definition) is 4. The van der Waals surface area contributed by atoms with E-state index in [1.54, 1.807) is 6.20 Å². The molecule has 1 aliphatic rings. The van der Waals surface area contributed by atoms with Crippen molar-refractivity contribution in [2.24, 2.45) is 5.92 Å². The third kappa shape index (κ3) is 4.93. The molecule has 0 unspecified atom stereocenters. The number of pyridine rings is 1. The molecule has 0 aliphatic carbocycles. The molecule has 3 rings (SSSR count). The van der Waals surface area contributed by atoms with Gasteiger partial charge in [0.15, 0.2) is 0 Å². The summed E-state index contributed by atoms with van der Waals surface area (Å²) >= 11 is 0. The second-order valence-electron chi connectivity index (χ2n) is 7.14. The van der Waals surface area contributed by atoms with Gasteiger partial charge in [0.25, 0.3) is 0 Å². The van der Waals surface area contributed by atoms with Gasteiger partial charge in [0, 0.05) is 37.3 Å². The van der Waals surface area contributed by atoms with Crippen molar-refractivity contribution in [2.75, 3.05) is 38.2 Å². The highest BCUT2D eigenvalue weighted by Crippen LogP contribution is 2.21. The normalized spacial score (nSPS) is 16.6. The van der Waals surface area contributed by atoms with Gasteiger partial charge in [0.1, 0.15) is 0 Å². The number of hydrogen-bond donors (Lipinski definition) is 2. The van der Waals surface area contributed by atoms with E-state index in [1.165, 1.54) is 0 Å². The summed E-state index contributed by atoms with van der Waals surface area (Å²) in [6.07, 6.45) is 2.81. The van der Waals surface area contributed by atoms with Crippen molar-refractivity contribution < 1.29 is 9.53 Å². The van der Waals surface area contributed by atoms with Crippen molar-refractivity contribution in [3.05, 3.63) is 36.5 Å². The molecule has 2 aromatic rings. The van der Waals surface area contributed by atoms with Crippen molar-refractivity contribution in [3.8, 4) is 0 Å². The molecule has 6 nitrogen and oxygen atoms in total. The minimum atomic E-state index is -0.177. The number of rotatable bonds is 6. The number of aromatic nitrogens is 1. The first-order valence-corrected chi connectivity index (χ1v) is 9.34. The molecule has 2 amide bonds. The zero-order valence-electron chi connectivity index (χ0n) is 15.6. The van der Waals surface area contributed by atoms with Crippen LogP contribution in [0, 0.1) is 5.92 Å². The molecule has 1 aromatic carbocycles. The summed E-state index contributed by atoms with van der Waals surface area (Å²) in [5, 5.41) is 6.95. The van der Waals surface area contributed by atoms with E-state index in [0.717, 1.165) is 49.3 Å². The van der Waals surface area contributed by atoms with Crippen LogP contribution < -0.4 is 10.6 Å². The molecule has 1 atom stereocenters. The van der Waals surface area contributed by atoms with E-state index >= 15 is 0 Å². The lowest BCUT2D eigenvalue weighted by Crippen LogP contribution is -2.49. The Kier molecular flexibility index (Phi) is 6.41. The van der Waals surface area contributed by atoms with Crippen LogP contribution in [0.2, 0.25) is 0 Å². The number of urea groups is 1. The monoisotopic (exact) mass is 356 g/mol. The van der Waals surface area contributed by atoms with Crippen molar-refractivity contribution in [1.82, 2.24) is 15.2 Å². The molecular weight excluding hydrogens is 328 g/mol. The molecular formula is C20H28N4O2. The lowest BCUT2D eigenvalue weighted by Gasteiger charge is -2.35. The van der Waals surface area contributed by atoms with E-state index in [4.69, 9.17) is 4.74 Å². The number of carbonyl (C=O) groups is 1. The topological polar surface area (TPSA) is 66.5 Å². The van der Waals surface area contributed by atoms with Crippen LogP contribution in [-0.2, 0) is 4.74 Å². The lowest BCUT2D eigenvalue weighted by molar-refractivity contribution is 0.0130. The molecule has 1 saturated heterocycles. The molecule has 1 fully saturated rings. The van der Waals surface area contributed by atoms with Gasteiger partial charge in [0.05, 0.1) is 24.4 Å². The van der Waals surface area contributed by atoms with E-state index in [2.05, 4.69) is 34.4 Å². The molecule has 2 N–H and O–H groups in total. The van der Waals surface area contributed by atoms with Crippen LogP contribution in [0.25, 0.3) is 10.9 Å². The largest absolute Gasteiger partial charge is 0.379 e. The Morgan fingerprint density at radius 2 is 2.04 bits per heavy atom. The summed E-state index contributed by atoms with van der Waals surface area (Å²) in [4.78, 5) is 19.2. The molecule has 0 radical (unpaired) electrons. The van der Waals surface area contributed by atoms with E-state index in [9.17, 15) is 4.79 Å². The molecule has 0 saturated carbocycles. The molecule has 140 valence electrons. The first kappa shape index (κ1) is 18.6. The van der Waals surface area contributed by atoms with E-state index in [0.29, 0.717) is 18.5 Å². The standard InChI is InChI=1S/C20H28N4O2/c1-15(2)13-16(24-9-11-26-12-10-24)14-22-20(25)23-19-7-3-6-18-17(19)5-4-8-21-18/h3-8,15-16H,9-14H2,1-2H3,(H2,22,23,25)/t16-/m0/s1. The molecule has 2 heterocycles. The van der Waals surface area contributed by atoms with Crippen LogP contribution in [0.1, 0.15) is 20.3 Å². The molecule has 0 bridgehead atoms. The lowest BCUT2D eigenvalue weighted by atomic mass is 10.0. The Morgan fingerprint density at radius 1 is 1.23 bits per heavy atom. The minimum absolute atomic E-state index is 0.177. The van der Waals surface area contributed by atoms with Crippen LogP contribution in [0.15, 0.2) is 36.5 Å². The van der Waals surface area contributed by atoms with Crippen LogP contribution in [-0.4, -0.2) is 54.8 Å². The number of amides is 2. The predicted molar refractivity (Wildman–Crippen MR) is 104 cm³/mol. The average molecular weight is 356 g/mol. The Bertz CT molecular complexity index is 723. The predicted octanol–water partition coefficient (Wildman–Crippen LogP) is 3.10. The first-order chi connectivity index (χ1) is 12.6. The van der Waals surface area contributed by atoms with Crippen molar-refractivity contribution in [3.63, 3.8) is 0 Å². The van der Waals surface area contributed by atoms with Gasteiger partial charge in [0.2, 0.25) is 0 Å². The maximum atomic E-state index is 12.4. The molecule has 1 aliphatic heterocycles. The van der Waals surface area contributed by atoms with Gasteiger partial charge >= 0.3 is 6.03 Å². The fourth-order valence-electron chi connectivity index (χ4n) is 3.44.